The summed E-state index contributed by atoms with van der Waals surface area (Å²) in [6, 6.07) is 14.3. The molecule has 0 bridgehead atoms. The molecular formula is C28H27F3O3. The van der Waals surface area contributed by atoms with Gasteiger partial charge < -0.3 is 14.2 Å². The molecule has 1 aliphatic rings. The lowest BCUT2D eigenvalue weighted by molar-refractivity contribution is -0.205. The third kappa shape index (κ3) is 5.18. The Labute approximate surface area is 197 Å². The summed E-state index contributed by atoms with van der Waals surface area (Å²) in [5, 5.41) is 0. The summed E-state index contributed by atoms with van der Waals surface area (Å²) in [7, 11) is 1.28. The van der Waals surface area contributed by atoms with Crippen molar-refractivity contribution < 1.29 is 27.4 Å². The molecule has 34 heavy (non-hydrogen) atoms. The minimum Gasteiger partial charge on any atom is -0.494 e. The smallest absolute Gasteiger partial charge is 0.201 e. The van der Waals surface area contributed by atoms with E-state index in [0.717, 1.165) is 12.8 Å². The van der Waals surface area contributed by atoms with Crippen LogP contribution in [0.4, 0.5) is 13.2 Å². The summed E-state index contributed by atoms with van der Waals surface area (Å²) >= 11 is 0. The molecule has 0 N–H and O–H groups in total. The average Bonchev–Trinajstić information content (AvgIpc) is 2.86. The number of rotatable bonds is 7. The van der Waals surface area contributed by atoms with Gasteiger partial charge in [-0.3, -0.25) is 0 Å². The topological polar surface area (TPSA) is 27.7 Å². The lowest BCUT2D eigenvalue weighted by atomic mass is 9.98. The van der Waals surface area contributed by atoms with Gasteiger partial charge in [0, 0.05) is 22.6 Å². The fourth-order valence-electron chi connectivity index (χ4n) is 4.05. The minimum absolute atomic E-state index is 0.108. The molecule has 3 aromatic rings. The van der Waals surface area contributed by atoms with Gasteiger partial charge >= 0.3 is 0 Å². The van der Waals surface area contributed by atoms with E-state index in [1.807, 2.05) is 13.0 Å². The zero-order chi connectivity index (χ0) is 24.1. The van der Waals surface area contributed by atoms with E-state index in [4.69, 9.17) is 14.2 Å². The van der Waals surface area contributed by atoms with Gasteiger partial charge in [0.25, 0.3) is 0 Å². The van der Waals surface area contributed by atoms with Gasteiger partial charge in [-0.15, -0.1) is 0 Å². The second-order valence-electron chi connectivity index (χ2n) is 8.27. The summed E-state index contributed by atoms with van der Waals surface area (Å²) in [4.78, 5) is 0. The maximum atomic E-state index is 15.0. The zero-order valence-electron chi connectivity index (χ0n) is 19.2. The van der Waals surface area contributed by atoms with Gasteiger partial charge in [0.05, 0.1) is 20.3 Å². The summed E-state index contributed by atoms with van der Waals surface area (Å²) in [5.74, 6) is -2.26. The zero-order valence-corrected chi connectivity index (χ0v) is 19.2. The fraction of sp³-hybridized carbons (Fsp3) is 0.286. The highest BCUT2D eigenvalue weighted by Gasteiger charge is 2.24. The molecule has 0 amide bonds. The molecule has 6 heteroatoms. The van der Waals surface area contributed by atoms with Crippen LogP contribution in [-0.4, -0.2) is 20.3 Å². The van der Waals surface area contributed by atoms with Crippen LogP contribution in [0.15, 0.2) is 66.7 Å². The Balaban J connectivity index is 1.46. The Morgan fingerprint density at radius 2 is 1.53 bits per heavy atom. The number of ether oxygens (including phenoxy) is 3. The first-order chi connectivity index (χ1) is 16.5. The molecule has 0 saturated carbocycles. The molecule has 4 rings (SSSR count). The van der Waals surface area contributed by atoms with Gasteiger partial charge in [0.2, 0.25) is 5.82 Å². The van der Waals surface area contributed by atoms with Crippen molar-refractivity contribution >= 4 is 0 Å². The Bertz CT molecular complexity index is 1150. The van der Waals surface area contributed by atoms with E-state index in [-0.39, 0.29) is 11.3 Å². The van der Waals surface area contributed by atoms with Gasteiger partial charge in [-0.1, -0.05) is 48.6 Å². The first-order valence-electron chi connectivity index (χ1n) is 11.3. The summed E-state index contributed by atoms with van der Waals surface area (Å²) in [5.41, 5.74) is 2.23. The van der Waals surface area contributed by atoms with Crippen LogP contribution in [0.3, 0.4) is 0 Å². The summed E-state index contributed by atoms with van der Waals surface area (Å²) in [6.45, 7) is 3.16. The molecule has 1 heterocycles. The van der Waals surface area contributed by atoms with E-state index < -0.39 is 23.7 Å². The third-order valence-corrected chi connectivity index (χ3v) is 5.98. The highest BCUT2D eigenvalue weighted by atomic mass is 19.2. The molecule has 0 unspecified atom stereocenters. The molecule has 0 atom stereocenters. The van der Waals surface area contributed by atoms with Gasteiger partial charge in [-0.05, 0) is 49.1 Å². The van der Waals surface area contributed by atoms with Gasteiger partial charge in [0.15, 0.2) is 17.9 Å². The maximum absolute atomic E-state index is 15.0. The van der Waals surface area contributed by atoms with E-state index in [0.29, 0.717) is 41.4 Å². The first-order valence-corrected chi connectivity index (χ1v) is 11.3. The number of hydrogen-bond acceptors (Lipinski definition) is 3. The quantitative estimate of drug-likeness (QED) is 0.337. The van der Waals surface area contributed by atoms with E-state index in [1.165, 1.54) is 25.3 Å². The van der Waals surface area contributed by atoms with Crippen molar-refractivity contribution in [3.63, 3.8) is 0 Å². The van der Waals surface area contributed by atoms with E-state index in [9.17, 15) is 13.2 Å². The van der Waals surface area contributed by atoms with Crippen LogP contribution in [0.25, 0.3) is 22.3 Å². The van der Waals surface area contributed by atoms with Crippen molar-refractivity contribution in [1.82, 2.24) is 0 Å². The maximum Gasteiger partial charge on any atom is 0.201 e. The van der Waals surface area contributed by atoms with Crippen LogP contribution in [-0.2, 0) is 9.47 Å². The number of allylic oxidation sites excluding steroid dienone is 2. The van der Waals surface area contributed by atoms with Gasteiger partial charge in [-0.25, -0.2) is 8.78 Å². The van der Waals surface area contributed by atoms with Crippen LogP contribution in [0.1, 0.15) is 31.6 Å². The van der Waals surface area contributed by atoms with E-state index in [1.54, 1.807) is 36.4 Å². The Morgan fingerprint density at radius 3 is 2.15 bits per heavy atom. The van der Waals surface area contributed by atoms with Crippen molar-refractivity contribution in [2.24, 2.45) is 5.92 Å². The summed E-state index contributed by atoms with van der Waals surface area (Å²) in [6.07, 6.45) is 5.55. The average molecular weight is 469 g/mol. The van der Waals surface area contributed by atoms with Crippen molar-refractivity contribution in [2.75, 3.05) is 20.3 Å². The van der Waals surface area contributed by atoms with Crippen molar-refractivity contribution in [2.45, 2.75) is 26.1 Å². The molecule has 3 aromatic carbocycles. The molecule has 178 valence electrons. The van der Waals surface area contributed by atoms with Gasteiger partial charge in [-0.2, -0.15) is 4.39 Å². The Hall–Kier alpha value is -3.09. The molecule has 0 aromatic heterocycles. The van der Waals surface area contributed by atoms with Crippen LogP contribution in [0, 0.1) is 23.4 Å². The molecule has 3 nitrogen and oxygen atoms in total. The highest BCUT2D eigenvalue weighted by Crippen LogP contribution is 2.33. The first kappa shape index (κ1) is 24.0. The minimum atomic E-state index is -1.04. The number of hydrogen-bond donors (Lipinski definition) is 0. The standard InChI is InChI=1S/C28H27F3O3/c1-3-4-5-6-18-16-33-28(34-17-18)21-11-12-22(24(29)15-21)19-7-9-20(10-8-19)23-13-14-25(32-2)27(31)26(23)30/h3-4,7-15,18,28H,5-6,16-17H2,1-2H3. The third-order valence-electron chi connectivity index (χ3n) is 5.98. The van der Waals surface area contributed by atoms with Gasteiger partial charge in [0.1, 0.15) is 5.82 Å². The van der Waals surface area contributed by atoms with Crippen LogP contribution in [0.2, 0.25) is 0 Å². The second kappa shape index (κ2) is 10.9. The van der Waals surface area contributed by atoms with E-state index in [2.05, 4.69) is 6.08 Å². The van der Waals surface area contributed by atoms with Crippen LogP contribution < -0.4 is 4.74 Å². The van der Waals surface area contributed by atoms with Crippen molar-refractivity contribution in [3.05, 3.63) is 89.8 Å². The lowest BCUT2D eigenvalue weighted by Crippen LogP contribution is -2.27. The van der Waals surface area contributed by atoms with E-state index >= 15 is 0 Å². The molecule has 1 aliphatic heterocycles. The highest BCUT2D eigenvalue weighted by molar-refractivity contribution is 5.71. The predicted molar refractivity (Wildman–Crippen MR) is 126 cm³/mol. The SMILES string of the molecule is CC=CCCC1COC(c2ccc(-c3ccc(-c4ccc(OC)c(F)c4F)cc3)c(F)c2)OC1. The van der Waals surface area contributed by atoms with Crippen LogP contribution >= 0.6 is 0 Å². The predicted octanol–water partition coefficient (Wildman–Crippen LogP) is 7.46. The monoisotopic (exact) mass is 468 g/mol. The molecule has 0 radical (unpaired) electrons. The number of halogens is 3. The largest absolute Gasteiger partial charge is 0.494 e. The number of benzene rings is 3. The lowest BCUT2D eigenvalue weighted by Gasteiger charge is -2.29. The summed E-state index contributed by atoms with van der Waals surface area (Å²) < 4.78 is 59.9. The van der Waals surface area contributed by atoms with Crippen LogP contribution in [0.5, 0.6) is 5.75 Å². The van der Waals surface area contributed by atoms with Crippen molar-refractivity contribution in [3.8, 4) is 28.0 Å². The second-order valence-corrected chi connectivity index (χ2v) is 8.27. The molecule has 1 saturated heterocycles. The molecule has 0 spiro atoms. The molecule has 0 aliphatic carbocycles. The van der Waals surface area contributed by atoms with Crippen molar-refractivity contribution in [1.29, 1.82) is 0 Å². The molecule has 1 fully saturated rings. The Morgan fingerprint density at radius 1 is 0.882 bits per heavy atom. The Kier molecular flexibility index (Phi) is 7.70. The normalized spacial score (nSPS) is 18.4. The molecular weight excluding hydrogens is 441 g/mol. The fourth-order valence-corrected chi connectivity index (χ4v) is 4.05. The number of methoxy groups -OCH3 is 1.